The van der Waals surface area contributed by atoms with Crippen LogP contribution in [-0.4, -0.2) is 15.6 Å². The smallest absolute Gasteiger partial charge is 0.384 e. The lowest BCUT2D eigenvalue weighted by Gasteiger charge is -2.13. The van der Waals surface area contributed by atoms with Crippen LogP contribution in [0.2, 0.25) is 0 Å². The highest BCUT2D eigenvalue weighted by molar-refractivity contribution is 5.98. The second-order valence-corrected chi connectivity index (χ2v) is 4.48. The molecule has 2 rings (SSSR count). The molecule has 106 valence electrons. The highest BCUT2D eigenvalue weighted by Crippen LogP contribution is 2.31. The third-order valence-electron chi connectivity index (χ3n) is 2.85. The minimum Gasteiger partial charge on any atom is -0.384 e. The molecule has 0 amide bonds. The van der Waals surface area contributed by atoms with Crippen molar-refractivity contribution in [2.45, 2.75) is 20.0 Å². The molecule has 0 aliphatic heterocycles. The van der Waals surface area contributed by atoms with Gasteiger partial charge >= 0.3 is 6.18 Å². The number of nitrogens with two attached hydrogens (primary N) is 1. The summed E-state index contributed by atoms with van der Waals surface area (Å²) in [5.41, 5.74) is 6.41. The van der Waals surface area contributed by atoms with Crippen LogP contribution in [-0.2, 0) is 6.18 Å². The van der Waals surface area contributed by atoms with Crippen LogP contribution in [0.1, 0.15) is 22.5 Å². The van der Waals surface area contributed by atoms with Gasteiger partial charge < -0.3 is 5.73 Å². The number of amidine groups is 1. The van der Waals surface area contributed by atoms with Crippen LogP contribution in [0.5, 0.6) is 0 Å². The van der Waals surface area contributed by atoms with Crippen LogP contribution in [0, 0.1) is 19.3 Å². The molecule has 0 radical (unpaired) electrons. The summed E-state index contributed by atoms with van der Waals surface area (Å²) in [6.45, 7) is 3.56. The fourth-order valence-electron chi connectivity index (χ4n) is 1.99. The van der Waals surface area contributed by atoms with Gasteiger partial charge in [-0.1, -0.05) is 0 Å². The van der Waals surface area contributed by atoms with E-state index in [9.17, 15) is 13.2 Å². The standard InChI is InChI=1S/C13H13F3N4/c1-7-5-8(2)20(19-7)11-4-3-9(13(14,15)16)6-10(11)12(17)18/h3-6H,1-2H3,(H3,17,18). The van der Waals surface area contributed by atoms with Gasteiger partial charge in [0.05, 0.1) is 16.9 Å². The van der Waals surface area contributed by atoms with Gasteiger partial charge in [-0.25, -0.2) is 4.68 Å². The normalized spacial score (nSPS) is 11.7. The molecule has 0 spiro atoms. The van der Waals surface area contributed by atoms with Gasteiger partial charge in [0, 0.05) is 11.3 Å². The number of hydrogen-bond acceptors (Lipinski definition) is 2. The molecule has 1 heterocycles. The summed E-state index contributed by atoms with van der Waals surface area (Å²) in [4.78, 5) is 0. The molecule has 0 unspecified atom stereocenters. The topological polar surface area (TPSA) is 67.7 Å². The molecule has 20 heavy (non-hydrogen) atoms. The van der Waals surface area contributed by atoms with Gasteiger partial charge in [-0.05, 0) is 38.1 Å². The Labute approximate surface area is 113 Å². The third kappa shape index (κ3) is 2.52. The summed E-state index contributed by atoms with van der Waals surface area (Å²) in [6, 6.07) is 4.90. The number of aromatic nitrogens is 2. The van der Waals surface area contributed by atoms with E-state index in [-0.39, 0.29) is 5.56 Å². The molecule has 3 N–H and O–H groups in total. The van der Waals surface area contributed by atoms with Crippen LogP contribution < -0.4 is 5.73 Å². The van der Waals surface area contributed by atoms with Gasteiger partial charge in [-0.3, -0.25) is 5.41 Å². The van der Waals surface area contributed by atoms with E-state index in [1.807, 2.05) is 0 Å². The lowest BCUT2D eigenvalue weighted by molar-refractivity contribution is -0.137. The van der Waals surface area contributed by atoms with Gasteiger partial charge in [0.2, 0.25) is 0 Å². The summed E-state index contributed by atoms with van der Waals surface area (Å²) in [5, 5.41) is 11.7. The molecule has 1 aromatic carbocycles. The number of alkyl halides is 3. The summed E-state index contributed by atoms with van der Waals surface area (Å²) >= 11 is 0. The Morgan fingerprint density at radius 1 is 1.25 bits per heavy atom. The number of nitrogens with zero attached hydrogens (tertiary/aromatic N) is 2. The first-order valence-corrected chi connectivity index (χ1v) is 5.79. The molecule has 0 aliphatic rings. The Hall–Kier alpha value is -2.31. The Morgan fingerprint density at radius 3 is 2.35 bits per heavy atom. The number of halogens is 3. The minimum absolute atomic E-state index is 0.00558. The van der Waals surface area contributed by atoms with Crippen molar-refractivity contribution in [3.8, 4) is 5.69 Å². The van der Waals surface area contributed by atoms with E-state index >= 15 is 0 Å². The highest BCUT2D eigenvalue weighted by Gasteiger charge is 2.31. The molecule has 4 nitrogen and oxygen atoms in total. The average molecular weight is 282 g/mol. The number of aryl methyl sites for hydroxylation is 2. The Bertz CT molecular complexity index is 671. The van der Waals surface area contributed by atoms with Gasteiger partial charge in [0.1, 0.15) is 5.84 Å². The molecule has 0 aliphatic carbocycles. The maximum Gasteiger partial charge on any atom is 0.416 e. The molecular weight excluding hydrogens is 269 g/mol. The van der Waals surface area contributed by atoms with Crippen molar-refractivity contribution < 1.29 is 13.2 Å². The quantitative estimate of drug-likeness (QED) is 0.657. The zero-order chi connectivity index (χ0) is 15.1. The highest BCUT2D eigenvalue weighted by atomic mass is 19.4. The maximum atomic E-state index is 12.7. The van der Waals surface area contributed by atoms with Crippen LogP contribution in [0.25, 0.3) is 5.69 Å². The molecule has 0 saturated heterocycles. The Balaban J connectivity index is 2.65. The van der Waals surface area contributed by atoms with Gasteiger partial charge in [-0.15, -0.1) is 0 Å². The van der Waals surface area contributed by atoms with Gasteiger partial charge in [0.15, 0.2) is 0 Å². The van der Waals surface area contributed by atoms with E-state index < -0.39 is 17.6 Å². The number of hydrogen-bond donors (Lipinski definition) is 2. The average Bonchev–Trinajstić information content (AvgIpc) is 2.66. The number of benzene rings is 1. The second-order valence-electron chi connectivity index (χ2n) is 4.48. The molecule has 0 saturated carbocycles. The fraction of sp³-hybridized carbons (Fsp3) is 0.231. The van der Waals surface area contributed by atoms with Crippen molar-refractivity contribution in [3.63, 3.8) is 0 Å². The van der Waals surface area contributed by atoms with Crippen LogP contribution in [0.15, 0.2) is 24.3 Å². The van der Waals surface area contributed by atoms with E-state index in [0.717, 1.165) is 23.5 Å². The lowest BCUT2D eigenvalue weighted by Crippen LogP contribution is -2.18. The van der Waals surface area contributed by atoms with Gasteiger partial charge in [0.25, 0.3) is 0 Å². The summed E-state index contributed by atoms with van der Waals surface area (Å²) in [7, 11) is 0. The Morgan fingerprint density at radius 2 is 1.90 bits per heavy atom. The van der Waals surface area contributed by atoms with Crippen molar-refractivity contribution in [3.05, 3.63) is 46.8 Å². The first-order chi connectivity index (χ1) is 9.20. The second kappa shape index (κ2) is 4.66. The molecule has 0 fully saturated rings. The monoisotopic (exact) mass is 282 g/mol. The first kappa shape index (κ1) is 14.1. The molecule has 7 heteroatoms. The van der Waals surface area contributed by atoms with E-state index in [1.165, 1.54) is 10.7 Å². The number of nitrogen functional groups attached to an aromatic ring is 1. The van der Waals surface area contributed by atoms with E-state index in [1.54, 1.807) is 19.9 Å². The molecule has 2 aromatic rings. The molecular formula is C13H13F3N4. The maximum absolute atomic E-state index is 12.7. The largest absolute Gasteiger partial charge is 0.416 e. The van der Waals surface area contributed by atoms with E-state index in [0.29, 0.717) is 5.69 Å². The van der Waals surface area contributed by atoms with Crippen LogP contribution >= 0.6 is 0 Å². The van der Waals surface area contributed by atoms with Gasteiger partial charge in [-0.2, -0.15) is 18.3 Å². The van der Waals surface area contributed by atoms with Crippen LogP contribution in [0.3, 0.4) is 0 Å². The summed E-state index contributed by atoms with van der Waals surface area (Å²) < 4.78 is 39.6. The zero-order valence-corrected chi connectivity index (χ0v) is 10.9. The molecule has 0 bridgehead atoms. The van der Waals surface area contributed by atoms with Crippen molar-refractivity contribution in [2.75, 3.05) is 0 Å². The zero-order valence-electron chi connectivity index (χ0n) is 10.9. The lowest BCUT2D eigenvalue weighted by atomic mass is 10.1. The first-order valence-electron chi connectivity index (χ1n) is 5.79. The van der Waals surface area contributed by atoms with Crippen molar-refractivity contribution in [1.82, 2.24) is 9.78 Å². The fourth-order valence-corrected chi connectivity index (χ4v) is 1.99. The summed E-state index contributed by atoms with van der Waals surface area (Å²) in [6.07, 6.45) is -4.47. The SMILES string of the molecule is Cc1cc(C)n(-c2ccc(C(F)(F)F)cc2C(=N)N)n1. The molecule has 0 atom stereocenters. The number of rotatable bonds is 2. The summed E-state index contributed by atoms with van der Waals surface area (Å²) in [5.74, 6) is -0.432. The van der Waals surface area contributed by atoms with Crippen molar-refractivity contribution >= 4 is 5.84 Å². The van der Waals surface area contributed by atoms with E-state index in [4.69, 9.17) is 11.1 Å². The third-order valence-corrected chi connectivity index (χ3v) is 2.85. The van der Waals surface area contributed by atoms with Crippen molar-refractivity contribution in [1.29, 1.82) is 5.41 Å². The predicted octanol–water partition coefficient (Wildman–Crippen LogP) is 2.79. The van der Waals surface area contributed by atoms with Crippen LogP contribution in [0.4, 0.5) is 13.2 Å². The minimum atomic E-state index is -4.47. The number of nitrogens with one attached hydrogen (secondary N) is 1. The Kier molecular flexibility index (Phi) is 3.29. The van der Waals surface area contributed by atoms with Crippen molar-refractivity contribution in [2.24, 2.45) is 5.73 Å². The van der Waals surface area contributed by atoms with E-state index in [2.05, 4.69) is 5.10 Å². The molecule has 1 aromatic heterocycles. The predicted molar refractivity (Wildman–Crippen MR) is 69.1 cm³/mol.